The predicted molar refractivity (Wildman–Crippen MR) is 139 cm³/mol. The molecule has 0 fully saturated rings. The van der Waals surface area contributed by atoms with Crippen LogP contribution < -0.4 is 10.2 Å². The van der Waals surface area contributed by atoms with E-state index < -0.39 is 17.7 Å². The number of carbonyl (C=O) groups is 2. The monoisotopic (exact) mass is 474 g/mol. The molecule has 0 aromatic heterocycles. The van der Waals surface area contributed by atoms with Gasteiger partial charge in [-0.3, -0.25) is 9.69 Å². The number of hydrogen-bond acceptors (Lipinski definition) is 4. The number of benzene rings is 3. The van der Waals surface area contributed by atoms with E-state index in [1.54, 1.807) is 37.4 Å². The molecule has 6 heteroatoms. The maximum Gasteiger partial charge on any atom is 0.408 e. The minimum atomic E-state index is -0.681. The van der Waals surface area contributed by atoms with Crippen LogP contribution in [0.5, 0.6) is 0 Å². The van der Waals surface area contributed by atoms with Gasteiger partial charge in [0.1, 0.15) is 11.6 Å². The van der Waals surface area contributed by atoms with Crippen molar-refractivity contribution in [2.45, 2.75) is 50.2 Å². The zero-order valence-corrected chi connectivity index (χ0v) is 20.8. The van der Waals surface area contributed by atoms with Crippen LogP contribution in [0.15, 0.2) is 77.7 Å². The van der Waals surface area contributed by atoms with E-state index in [2.05, 4.69) is 23.7 Å². The Morgan fingerprint density at radius 3 is 2.38 bits per heavy atom. The molecule has 0 bridgehead atoms. The minimum absolute atomic E-state index is 0.173. The fourth-order valence-corrected chi connectivity index (χ4v) is 4.78. The second-order valence-corrected chi connectivity index (χ2v) is 10.1. The Balaban J connectivity index is 1.67. The Bertz CT molecular complexity index is 1180. The molecule has 0 saturated heterocycles. The highest BCUT2D eigenvalue weighted by Crippen LogP contribution is 2.36. The van der Waals surface area contributed by atoms with Gasteiger partial charge in [-0.25, -0.2) is 4.79 Å². The lowest BCUT2D eigenvalue weighted by Gasteiger charge is -2.27. The highest BCUT2D eigenvalue weighted by atomic mass is 32.2. The van der Waals surface area contributed by atoms with Crippen molar-refractivity contribution in [3.8, 4) is 11.1 Å². The molecule has 34 heavy (non-hydrogen) atoms. The number of para-hydroxylation sites is 1. The van der Waals surface area contributed by atoms with Crippen molar-refractivity contribution in [2.24, 2.45) is 0 Å². The Labute approximate surface area is 205 Å². The normalized spacial score (nSPS) is 15.9. The standard InChI is InChI=1S/C28H30N2O3S/c1-28(2,3)33-27(32)29-23-18-15-20-9-5-7-11-24(20)30(26(23)31)21-16-13-19(14-17-21)22-10-6-8-12-25(22)34-4/h5-14,16-17,23H,15,18H2,1-4H3,(H,29,32). The smallest absolute Gasteiger partial charge is 0.408 e. The van der Waals surface area contributed by atoms with Crippen LogP contribution in [0.1, 0.15) is 32.8 Å². The summed E-state index contributed by atoms with van der Waals surface area (Å²) in [6.07, 6.45) is 2.67. The van der Waals surface area contributed by atoms with Gasteiger partial charge in [0.2, 0.25) is 0 Å². The molecule has 0 saturated carbocycles. The van der Waals surface area contributed by atoms with Crippen LogP contribution >= 0.6 is 11.8 Å². The molecule has 0 aliphatic carbocycles. The van der Waals surface area contributed by atoms with Gasteiger partial charge in [0.05, 0.1) is 5.69 Å². The summed E-state index contributed by atoms with van der Waals surface area (Å²) in [6.45, 7) is 5.42. The number of hydrogen-bond donors (Lipinski definition) is 1. The van der Waals surface area contributed by atoms with Gasteiger partial charge >= 0.3 is 6.09 Å². The SMILES string of the molecule is CSc1ccccc1-c1ccc(N2C(=O)C(NC(=O)OC(C)(C)C)CCc3ccccc32)cc1. The number of anilines is 2. The average molecular weight is 475 g/mol. The van der Waals surface area contributed by atoms with Crippen molar-refractivity contribution in [1.29, 1.82) is 0 Å². The second-order valence-electron chi connectivity index (χ2n) is 9.29. The maximum atomic E-state index is 13.7. The zero-order valence-electron chi connectivity index (χ0n) is 20.0. The number of nitrogens with one attached hydrogen (secondary N) is 1. The third-order valence-corrected chi connectivity index (χ3v) is 6.48. The molecule has 0 radical (unpaired) electrons. The molecule has 3 aromatic carbocycles. The quantitative estimate of drug-likeness (QED) is 0.434. The van der Waals surface area contributed by atoms with Crippen molar-refractivity contribution in [3.05, 3.63) is 78.4 Å². The van der Waals surface area contributed by atoms with Crippen molar-refractivity contribution >= 4 is 35.1 Å². The highest BCUT2D eigenvalue weighted by Gasteiger charge is 2.33. The first-order chi connectivity index (χ1) is 16.3. The predicted octanol–water partition coefficient (Wildman–Crippen LogP) is 6.58. The number of ether oxygens (including phenoxy) is 1. The molecule has 1 aliphatic heterocycles. The number of rotatable bonds is 4. The van der Waals surface area contributed by atoms with Crippen LogP contribution in [0.2, 0.25) is 0 Å². The van der Waals surface area contributed by atoms with E-state index in [0.29, 0.717) is 12.8 Å². The molecule has 2 amide bonds. The van der Waals surface area contributed by atoms with Gasteiger partial charge in [-0.2, -0.15) is 0 Å². The van der Waals surface area contributed by atoms with E-state index in [0.717, 1.165) is 28.1 Å². The Hall–Kier alpha value is -3.25. The summed E-state index contributed by atoms with van der Waals surface area (Å²) in [5.74, 6) is -0.173. The lowest BCUT2D eigenvalue weighted by atomic mass is 10.0. The van der Waals surface area contributed by atoms with E-state index >= 15 is 0 Å². The molecule has 1 heterocycles. The van der Waals surface area contributed by atoms with Crippen LogP contribution in [0.25, 0.3) is 11.1 Å². The Kier molecular flexibility index (Phi) is 6.98. The van der Waals surface area contributed by atoms with E-state index in [4.69, 9.17) is 4.74 Å². The van der Waals surface area contributed by atoms with Crippen LogP contribution in [0.3, 0.4) is 0 Å². The van der Waals surface area contributed by atoms with Crippen LogP contribution in [-0.4, -0.2) is 29.9 Å². The number of carbonyl (C=O) groups excluding carboxylic acids is 2. The molecule has 4 rings (SSSR count). The summed E-state index contributed by atoms with van der Waals surface area (Å²) in [6, 6.07) is 23.5. The number of nitrogens with zero attached hydrogens (tertiary/aromatic N) is 1. The first-order valence-corrected chi connectivity index (χ1v) is 12.6. The second kappa shape index (κ2) is 9.94. The van der Waals surface area contributed by atoms with Crippen molar-refractivity contribution in [2.75, 3.05) is 11.2 Å². The van der Waals surface area contributed by atoms with E-state index in [9.17, 15) is 9.59 Å². The molecule has 0 spiro atoms. The summed E-state index contributed by atoms with van der Waals surface area (Å²) in [7, 11) is 0. The molecule has 176 valence electrons. The fourth-order valence-electron chi connectivity index (χ4n) is 4.16. The van der Waals surface area contributed by atoms with Gasteiger partial charge in [-0.05, 0) is 80.8 Å². The third kappa shape index (κ3) is 5.28. The van der Waals surface area contributed by atoms with Crippen LogP contribution in [-0.2, 0) is 16.0 Å². The highest BCUT2D eigenvalue weighted by molar-refractivity contribution is 7.98. The Morgan fingerprint density at radius 2 is 1.68 bits per heavy atom. The largest absolute Gasteiger partial charge is 0.444 e. The van der Waals surface area contributed by atoms with Crippen LogP contribution in [0.4, 0.5) is 16.2 Å². The maximum absolute atomic E-state index is 13.7. The lowest BCUT2D eigenvalue weighted by Crippen LogP contribution is -2.48. The summed E-state index contributed by atoms with van der Waals surface area (Å²) in [5.41, 5.74) is 4.30. The topological polar surface area (TPSA) is 58.6 Å². The van der Waals surface area contributed by atoms with E-state index in [1.807, 2.05) is 60.7 Å². The van der Waals surface area contributed by atoms with Gasteiger partial charge in [0.15, 0.2) is 0 Å². The van der Waals surface area contributed by atoms with Gasteiger partial charge < -0.3 is 10.1 Å². The zero-order chi connectivity index (χ0) is 24.3. The summed E-state index contributed by atoms with van der Waals surface area (Å²) >= 11 is 1.71. The fraction of sp³-hybridized carbons (Fsp3) is 0.286. The summed E-state index contributed by atoms with van der Waals surface area (Å²) < 4.78 is 5.41. The molecule has 5 nitrogen and oxygen atoms in total. The third-order valence-electron chi connectivity index (χ3n) is 5.69. The lowest BCUT2D eigenvalue weighted by molar-refractivity contribution is -0.120. The van der Waals surface area contributed by atoms with Crippen molar-refractivity contribution in [3.63, 3.8) is 0 Å². The van der Waals surface area contributed by atoms with Gasteiger partial charge in [-0.1, -0.05) is 48.5 Å². The number of amides is 2. The van der Waals surface area contributed by atoms with Gasteiger partial charge in [-0.15, -0.1) is 11.8 Å². The first-order valence-electron chi connectivity index (χ1n) is 11.4. The van der Waals surface area contributed by atoms with Crippen molar-refractivity contribution in [1.82, 2.24) is 5.32 Å². The number of fused-ring (bicyclic) bond motifs is 1. The average Bonchev–Trinajstić information content (AvgIpc) is 2.94. The van der Waals surface area contributed by atoms with Gasteiger partial charge in [0.25, 0.3) is 5.91 Å². The number of thioether (sulfide) groups is 1. The summed E-state index contributed by atoms with van der Waals surface area (Å²) in [4.78, 5) is 29.1. The molecule has 1 unspecified atom stereocenters. The molecular formula is C28H30N2O3S. The molecule has 3 aromatic rings. The molecule has 1 aliphatic rings. The summed E-state index contributed by atoms with van der Waals surface area (Å²) in [5, 5.41) is 2.80. The van der Waals surface area contributed by atoms with Crippen LogP contribution in [0, 0.1) is 0 Å². The molecular weight excluding hydrogens is 444 g/mol. The molecule has 1 N–H and O–H groups in total. The number of aryl methyl sites for hydroxylation is 1. The van der Waals surface area contributed by atoms with E-state index in [1.165, 1.54) is 4.90 Å². The number of alkyl carbamates (subject to hydrolysis) is 1. The minimum Gasteiger partial charge on any atom is -0.444 e. The Morgan fingerprint density at radius 1 is 1.00 bits per heavy atom. The van der Waals surface area contributed by atoms with E-state index in [-0.39, 0.29) is 5.91 Å². The van der Waals surface area contributed by atoms with Crippen molar-refractivity contribution < 1.29 is 14.3 Å². The molecule has 1 atom stereocenters. The van der Waals surface area contributed by atoms with Gasteiger partial charge in [0, 0.05) is 10.6 Å². The first kappa shape index (κ1) is 23.9.